The third-order valence-electron chi connectivity index (χ3n) is 4.49. The molecule has 0 atom stereocenters. The van der Waals surface area contributed by atoms with E-state index in [0.717, 1.165) is 14.9 Å². The van der Waals surface area contributed by atoms with Crippen LogP contribution in [0.1, 0.15) is 11.3 Å². The topological polar surface area (TPSA) is 62.6 Å². The lowest BCUT2D eigenvalue weighted by Gasteiger charge is -2.29. The number of amides is 2. The van der Waals surface area contributed by atoms with Crippen LogP contribution in [0.5, 0.6) is 0 Å². The molecule has 1 aliphatic heterocycles. The number of anilines is 1. The second-order valence-electron chi connectivity index (χ2n) is 6.73. The summed E-state index contributed by atoms with van der Waals surface area (Å²) in [6.45, 7) is 1.86. The highest BCUT2D eigenvalue weighted by Gasteiger charge is 2.35. The highest BCUT2D eigenvalue weighted by molar-refractivity contribution is 9.10. The van der Waals surface area contributed by atoms with E-state index < -0.39 is 11.8 Å². The Labute approximate surface area is 215 Å². The fourth-order valence-corrected chi connectivity index (χ4v) is 5.21. The van der Waals surface area contributed by atoms with E-state index in [1.54, 1.807) is 24.3 Å². The second kappa shape index (κ2) is 9.52. The number of rotatable bonds is 4. The molecule has 1 aliphatic rings. The van der Waals surface area contributed by atoms with Crippen LogP contribution in [0.2, 0.25) is 5.02 Å². The van der Waals surface area contributed by atoms with Gasteiger partial charge >= 0.3 is 0 Å². The summed E-state index contributed by atoms with van der Waals surface area (Å²) in [5.74, 6) is -0.749. The Morgan fingerprint density at radius 3 is 2.53 bits per heavy atom. The minimum atomic E-state index is -0.578. The molecule has 1 fully saturated rings. The van der Waals surface area contributed by atoms with Crippen molar-refractivity contribution in [2.45, 2.75) is 16.9 Å². The number of halogens is 3. The van der Waals surface area contributed by atoms with Gasteiger partial charge in [-0.1, -0.05) is 39.3 Å². The zero-order valence-electron chi connectivity index (χ0n) is 16.3. The van der Waals surface area contributed by atoms with Crippen molar-refractivity contribution in [2.24, 2.45) is 0 Å². The third-order valence-corrected chi connectivity index (χ3v) is 7.36. The Morgan fingerprint density at radius 2 is 1.84 bits per heavy atom. The third kappa shape index (κ3) is 4.87. The SMILES string of the molecule is Cc1cc(Br)ccc1N1C(=O)/C(=C/c2cc(Br)c(Sc3ccc(Cl)cc3)o2)C(=O)NC1=S. The number of benzene rings is 2. The van der Waals surface area contributed by atoms with E-state index in [4.69, 9.17) is 28.2 Å². The normalized spacial score (nSPS) is 15.4. The van der Waals surface area contributed by atoms with E-state index in [2.05, 4.69) is 37.2 Å². The second-order valence-corrected chi connectivity index (χ2v) is 10.4. The predicted octanol–water partition coefficient (Wildman–Crippen LogP) is 6.75. The van der Waals surface area contributed by atoms with Crippen LogP contribution >= 0.6 is 67.4 Å². The van der Waals surface area contributed by atoms with Crippen LogP contribution < -0.4 is 10.2 Å². The van der Waals surface area contributed by atoms with Gasteiger partial charge in [-0.2, -0.15) is 0 Å². The van der Waals surface area contributed by atoms with Crippen molar-refractivity contribution < 1.29 is 14.0 Å². The van der Waals surface area contributed by atoms with Crippen molar-refractivity contribution >= 4 is 96.1 Å². The number of thiocarbonyl (C=S) groups is 1. The smallest absolute Gasteiger partial charge is 0.270 e. The Bertz CT molecular complexity index is 1290. The lowest BCUT2D eigenvalue weighted by Crippen LogP contribution is -2.54. The lowest BCUT2D eigenvalue weighted by atomic mass is 10.1. The molecule has 4 rings (SSSR count). The molecule has 162 valence electrons. The lowest BCUT2D eigenvalue weighted by molar-refractivity contribution is -0.122. The number of nitrogens with one attached hydrogen (secondary N) is 1. The van der Waals surface area contributed by atoms with E-state index in [9.17, 15) is 9.59 Å². The minimum Gasteiger partial charge on any atom is -0.449 e. The molecule has 1 N–H and O–H groups in total. The van der Waals surface area contributed by atoms with E-state index in [-0.39, 0.29) is 10.7 Å². The van der Waals surface area contributed by atoms with Gasteiger partial charge in [0.2, 0.25) is 0 Å². The number of carbonyl (C=O) groups is 2. The van der Waals surface area contributed by atoms with Crippen LogP contribution in [0.25, 0.3) is 6.08 Å². The molecule has 1 aromatic heterocycles. The highest BCUT2D eigenvalue weighted by Crippen LogP contribution is 2.37. The molecule has 32 heavy (non-hydrogen) atoms. The molecule has 1 saturated heterocycles. The maximum absolute atomic E-state index is 13.2. The van der Waals surface area contributed by atoms with Crippen molar-refractivity contribution in [1.29, 1.82) is 0 Å². The molecule has 3 aromatic rings. The van der Waals surface area contributed by atoms with Gasteiger partial charge in [0.25, 0.3) is 11.8 Å². The molecular weight excluding hydrogens is 600 g/mol. The van der Waals surface area contributed by atoms with Gasteiger partial charge < -0.3 is 4.42 Å². The van der Waals surface area contributed by atoms with Gasteiger partial charge in [-0.25, -0.2) is 0 Å². The average molecular weight is 613 g/mol. The summed E-state index contributed by atoms with van der Waals surface area (Å²) in [5.41, 5.74) is 1.34. The highest BCUT2D eigenvalue weighted by atomic mass is 79.9. The number of hydrogen-bond acceptors (Lipinski definition) is 5. The van der Waals surface area contributed by atoms with Crippen LogP contribution in [0.15, 0.2) is 77.5 Å². The van der Waals surface area contributed by atoms with E-state index in [0.29, 0.717) is 26.0 Å². The van der Waals surface area contributed by atoms with Crippen molar-refractivity contribution in [3.63, 3.8) is 0 Å². The van der Waals surface area contributed by atoms with Crippen molar-refractivity contribution in [1.82, 2.24) is 5.32 Å². The monoisotopic (exact) mass is 610 g/mol. The van der Waals surface area contributed by atoms with Crippen molar-refractivity contribution in [2.75, 3.05) is 4.90 Å². The van der Waals surface area contributed by atoms with Crippen molar-refractivity contribution in [3.05, 3.63) is 79.4 Å². The summed E-state index contributed by atoms with van der Waals surface area (Å²) in [5, 5.41) is 3.84. The maximum atomic E-state index is 13.2. The van der Waals surface area contributed by atoms with E-state index in [1.807, 2.05) is 31.2 Å². The molecule has 5 nitrogen and oxygen atoms in total. The summed E-state index contributed by atoms with van der Waals surface area (Å²) in [4.78, 5) is 28.0. The summed E-state index contributed by atoms with van der Waals surface area (Å²) in [6.07, 6.45) is 1.41. The molecular formula is C22H13Br2ClN2O3S2. The number of carbonyl (C=O) groups excluding carboxylic acids is 2. The first-order valence-corrected chi connectivity index (χ1v) is 12.3. The molecule has 2 amide bonds. The number of hydrogen-bond donors (Lipinski definition) is 1. The first kappa shape index (κ1) is 23.3. The number of nitrogens with zero attached hydrogens (tertiary/aromatic N) is 1. The maximum Gasteiger partial charge on any atom is 0.270 e. The van der Waals surface area contributed by atoms with Crippen LogP contribution in [-0.2, 0) is 9.59 Å². The molecule has 0 saturated carbocycles. The van der Waals surface area contributed by atoms with Gasteiger partial charge in [-0.3, -0.25) is 19.8 Å². The zero-order valence-corrected chi connectivity index (χ0v) is 21.9. The molecule has 0 bridgehead atoms. The molecule has 0 unspecified atom stereocenters. The van der Waals surface area contributed by atoms with Gasteiger partial charge in [-0.05, 0) is 95.2 Å². The van der Waals surface area contributed by atoms with Gasteiger partial charge in [0, 0.05) is 14.4 Å². The molecule has 0 aliphatic carbocycles. The van der Waals surface area contributed by atoms with Crippen LogP contribution in [-0.4, -0.2) is 16.9 Å². The Morgan fingerprint density at radius 1 is 1.12 bits per heavy atom. The largest absolute Gasteiger partial charge is 0.449 e. The summed E-state index contributed by atoms with van der Waals surface area (Å²) < 4.78 is 7.45. The number of aryl methyl sites for hydroxylation is 1. The molecule has 0 radical (unpaired) electrons. The van der Waals surface area contributed by atoms with Crippen LogP contribution in [0.3, 0.4) is 0 Å². The van der Waals surface area contributed by atoms with E-state index in [1.165, 1.54) is 22.7 Å². The molecule has 2 heterocycles. The standard InChI is InChI=1S/C22H13Br2ClN2O3S2/c1-11-8-12(23)2-7-18(11)27-20(29)16(19(28)26-22(27)31)9-14-10-17(24)21(30-14)32-15-5-3-13(25)4-6-15/h2-10H,1H3,(H,26,28,31)/b16-9+. The summed E-state index contributed by atoms with van der Waals surface area (Å²) in [7, 11) is 0. The predicted molar refractivity (Wildman–Crippen MR) is 137 cm³/mol. The first-order chi connectivity index (χ1) is 15.2. The van der Waals surface area contributed by atoms with Crippen LogP contribution in [0, 0.1) is 6.92 Å². The van der Waals surface area contributed by atoms with Crippen molar-refractivity contribution in [3.8, 4) is 0 Å². The average Bonchev–Trinajstić information content (AvgIpc) is 3.07. The van der Waals surface area contributed by atoms with Gasteiger partial charge in [0.1, 0.15) is 11.3 Å². The fraction of sp³-hybridized carbons (Fsp3) is 0.0455. The molecule has 0 spiro atoms. The fourth-order valence-electron chi connectivity index (χ4n) is 3.01. The zero-order chi connectivity index (χ0) is 23.0. The summed E-state index contributed by atoms with van der Waals surface area (Å²) >= 11 is 19.5. The Kier molecular flexibility index (Phi) is 6.92. The Balaban J connectivity index is 1.65. The molecule has 10 heteroatoms. The quantitative estimate of drug-likeness (QED) is 0.201. The van der Waals surface area contributed by atoms with Gasteiger partial charge in [-0.15, -0.1) is 0 Å². The first-order valence-electron chi connectivity index (χ1n) is 9.13. The van der Waals surface area contributed by atoms with Crippen LogP contribution in [0.4, 0.5) is 5.69 Å². The summed E-state index contributed by atoms with van der Waals surface area (Å²) in [6, 6.07) is 14.5. The van der Waals surface area contributed by atoms with Gasteiger partial charge in [0.05, 0.1) is 10.2 Å². The molecule has 2 aromatic carbocycles. The minimum absolute atomic E-state index is 0.0298. The number of furan rings is 1. The van der Waals surface area contributed by atoms with Gasteiger partial charge in [0.15, 0.2) is 10.2 Å². The Hall–Kier alpha value is -1.91. The van der Waals surface area contributed by atoms with E-state index >= 15 is 0 Å².